The number of hydrogen-bond acceptors (Lipinski definition) is 4. The van der Waals surface area contributed by atoms with Crippen molar-refractivity contribution in [1.29, 1.82) is 0 Å². The quantitative estimate of drug-likeness (QED) is 0.548. The average Bonchev–Trinajstić information content (AvgIpc) is 2.40. The van der Waals surface area contributed by atoms with Crippen molar-refractivity contribution in [3.05, 3.63) is 41.6 Å². The van der Waals surface area contributed by atoms with Gasteiger partial charge in [0.15, 0.2) is 9.84 Å². The zero-order valence-corrected chi connectivity index (χ0v) is 12.9. The molecule has 0 fully saturated rings. The number of sulfone groups is 1. The Bertz CT molecular complexity index is 952. The van der Waals surface area contributed by atoms with E-state index < -0.39 is 9.84 Å². The van der Waals surface area contributed by atoms with Crippen molar-refractivity contribution in [2.24, 2.45) is 0 Å². The second-order valence-corrected chi connectivity index (χ2v) is 7.47. The maximum Gasteiger partial charge on any atom is 0.177 e. The molecule has 0 aliphatic heterocycles. The molecule has 0 amide bonds. The SMILES string of the molecule is CS(=O)(=O)c1cnc2c(ccc3c(Cl)ccc(S)c32)c1. The molecule has 0 spiro atoms. The number of halogens is 1. The molecule has 0 radical (unpaired) electrons. The predicted molar refractivity (Wildman–Crippen MR) is 84.6 cm³/mol. The van der Waals surface area contributed by atoms with Crippen LogP contribution in [0.4, 0.5) is 0 Å². The summed E-state index contributed by atoms with van der Waals surface area (Å²) in [6.45, 7) is 0. The molecule has 0 bridgehead atoms. The largest absolute Gasteiger partial charge is 0.254 e. The van der Waals surface area contributed by atoms with Gasteiger partial charge in [-0.2, -0.15) is 0 Å². The van der Waals surface area contributed by atoms with E-state index in [0.717, 1.165) is 27.3 Å². The van der Waals surface area contributed by atoms with Crippen LogP contribution >= 0.6 is 24.2 Å². The van der Waals surface area contributed by atoms with Gasteiger partial charge in [-0.25, -0.2) is 8.42 Å². The van der Waals surface area contributed by atoms with Gasteiger partial charge in [-0.3, -0.25) is 4.98 Å². The molecule has 2 aromatic carbocycles. The summed E-state index contributed by atoms with van der Waals surface area (Å²) in [5, 5.41) is 3.05. The Kier molecular flexibility index (Phi) is 3.16. The van der Waals surface area contributed by atoms with Crippen LogP contribution in [0, 0.1) is 0 Å². The third-order valence-electron chi connectivity index (χ3n) is 3.16. The minimum atomic E-state index is -3.27. The summed E-state index contributed by atoms with van der Waals surface area (Å²) in [6, 6.07) is 8.87. The minimum Gasteiger partial charge on any atom is -0.254 e. The highest BCUT2D eigenvalue weighted by atomic mass is 35.5. The molecule has 0 unspecified atom stereocenters. The van der Waals surface area contributed by atoms with Crippen molar-refractivity contribution in [1.82, 2.24) is 4.98 Å². The lowest BCUT2D eigenvalue weighted by atomic mass is 10.1. The van der Waals surface area contributed by atoms with E-state index in [1.165, 1.54) is 6.20 Å². The smallest absolute Gasteiger partial charge is 0.177 e. The molecule has 1 heterocycles. The second kappa shape index (κ2) is 4.62. The van der Waals surface area contributed by atoms with Crippen molar-refractivity contribution >= 4 is 55.7 Å². The minimum absolute atomic E-state index is 0.201. The molecule has 3 aromatic rings. The fourth-order valence-electron chi connectivity index (χ4n) is 2.17. The molecule has 0 aliphatic carbocycles. The van der Waals surface area contributed by atoms with Crippen LogP contribution in [0.25, 0.3) is 21.7 Å². The van der Waals surface area contributed by atoms with E-state index in [9.17, 15) is 8.42 Å². The highest BCUT2D eigenvalue weighted by Gasteiger charge is 2.12. The van der Waals surface area contributed by atoms with Crippen LogP contribution in [0.3, 0.4) is 0 Å². The zero-order chi connectivity index (χ0) is 14.5. The van der Waals surface area contributed by atoms with Crippen molar-refractivity contribution in [2.45, 2.75) is 9.79 Å². The van der Waals surface area contributed by atoms with Crippen LogP contribution in [-0.4, -0.2) is 19.7 Å². The van der Waals surface area contributed by atoms with E-state index in [4.69, 9.17) is 11.6 Å². The van der Waals surface area contributed by atoms with Gasteiger partial charge in [0.05, 0.1) is 10.4 Å². The van der Waals surface area contributed by atoms with Crippen LogP contribution in [0.15, 0.2) is 46.3 Å². The van der Waals surface area contributed by atoms with Crippen molar-refractivity contribution < 1.29 is 8.42 Å². The second-order valence-electron chi connectivity index (χ2n) is 4.57. The number of benzene rings is 2. The first-order chi connectivity index (χ1) is 9.38. The van der Waals surface area contributed by atoms with E-state index in [1.807, 2.05) is 12.1 Å². The highest BCUT2D eigenvalue weighted by molar-refractivity contribution is 7.90. The zero-order valence-electron chi connectivity index (χ0n) is 10.5. The van der Waals surface area contributed by atoms with Gasteiger partial charge in [-0.05, 0) is 18.2 Å². The number of aromatic nitrogens is 1. The summed E-state index contributed by atoms with van der Waals surface area (Å²) in [4.78, 5) is 5.25. The maximum absolute atomic E-state index is 11.6. The molecule has 20 heavy (non-hydrogen) atoms. The lowest BCUT2D eigenvalue weighted by Gasteiger charge is -2.08. The number of fused-ring (bicyclic) bond motifs is 3. The van der Waals surface area contributed by atoms with E-state index in [0.29, 0.717) is 10.5 Å². The van der Waals surface area contributed by atoms with Gasteiger partial charge in [-0.15, -0.1) is 12.6 Å². The first-order valence-corrected chi connectivity index (χ1v) is 8.49. The standard InChI is InChI=1S/C14H10ClNO2S2/c1-20(17,18)9-6-8-2-3-10-11(15)4-5-12(19)13(10)14(8)16-7-9/h2-7,19H,1H3. The summed E-state index contributed by atoms with van der Waals surface area (Å²) >= 11 is 10.6. The summed E-state index contributed by atoms with van der Waals surface area (Å²) in [5.74, 6) is 0. The Hall–Kier alpha value is -1.30. The molecular weight excluding hydrogens is 314 g/mol. The van der Waals surface area contributed by atoms with Gasteiger partial charge in [0, 0.05) is 38.5 Å². The van der Waals surface area contributed by atoms with Crippen LogP contribution < -0.4 is 0 Å². The normalized spacial score (nSPS) is 12.2. The molecule has 6 heteroatoms. The van der Waals surface area contributed by atoms with E-state index in [2.05, 4.69) is 17.6 Å². The van der Waals surface area contributed by atoms with Gasteiger partial charge in [0.25, 0.3) is 0 Å². The Balaban J connectivity index is 2.48. The summed E-state index contributed by atoms with van der Waals surface area (Å²) < 4.78 is 23.2. The summed E-state index contributed by atoms with van der Waals surface area (Å²) in [5.41, 5.74) is 0.697. The first kappa shape index (κ1) is 13.7. The molecule has 3 rings (SSSR count). The number of thiol groups is 1. The average molecular weight is 324 g/mol. The fraction of sp³-hybridized carbons (Fsp3) is 0.0714. The summed E-state index contributed by atoms with van der Waals surface area (Å²) in [6.07, 6.45) is 2.53. The van der Waals surface area contributed by atoms with Gasteiger partial charge in [0.1, 0.15) is 0 Å². The number of hydrogen-bond donors (Lipinski definition) is 1. The lowest BCUT2D eigenvalue weighted by Crippen LogP contribution is -1.98. The maximum atomic E-state index is 11.6. The van der Waals surface area contributed by atoms with Gasteiger partial charge in [0.2, 0.25) is 0 Å². The molecule has 0 aliphatic rings. The Morgan fingerprint density at radius 3 is 2.65 bits per heavy atom. The highest BCUT2D eigenvalue weighted by Crippen LogP contribution is 2.34. The molecule has 102 valence electrons. The monoisotopic (exact) mass is 323 g/mol. The van der Waals surface area contributed by atoms with Crippen LogP contribution in [0.2, 0.25) is 5.02 Å². The molecule has 1 aromatic heterocycles. The van der Waals surface area contributed by atoms with E-state index in [-0.39, 0.29) is 4.90 Å². The van der Waals surface area contributed by atoms with Gasteiger partial charge in [-0.1, -0.05) is 23.7 Å². The van der Waals surface area contributed by atoms with Gasteiger partial charge >= 0.3 is 0 Å². The van der Waals surface area contributed by atoms with Crippen LogP contribution in [0.1, 0.15) is 0 Å². The molecule has 0 saturated carbocycles. The number of rotatable bonds is 1. The van der Waals surface area contributed by atoms with Crippen LogP contribution in [0.5, 0.6) is 0 Å². The number of nitrogens with zero attached hydrogens (tertiary/aromatic N) is 1. The van der Waals surface area contributed by atoms with Crippen molar-refractivity contribution in [2.75, 3.05) is 6.26 Å². The predicted octanol–water partition coefficient (Wildman–Crippen LogP) is 3.73. The third kappa shape index (κ3) is 2.16. The third-order valence-corrected chi connectivity index (χ3v) is 4.94. The Labute approximate surface area is 126 Å². The molecule has 3 nitrogen and oxygen atoms in total. The molecule has 0 atom stereocenters. The molecule has 0 saturated heterocycles. The summed E-state index contributed by atoms with van der Waals surface area (Å²) in [7, 11) is -3.27. The molecular formula is C14H10ClNO2S2. The first-order valence-electron chi connectivity index (χ1n) is 5.78. The van der Waals surface area contributed by atoms with E-state index >= 15 is 0 Å². The topological polar surface area (TPSA) is 47.0 Å². The Morgan fingerprint density at radius 1 is 1.20 bits per heavy atom. The van der Waals surface area contributed by atoms with Crippen molar-refractivity contribution in [3.63, 3.8) is 0 Å². The van der Waals surface area contributed by atoms with Crippen molar-refractivity contribution in [3.8, 4) is 0 Å². The van der Waals surface area contributed by atoms with Crippen LogP contribution in [-0.2, 0) is 9.84 Å². The Morgan fingerprint density at radius 2 is 1.95 bits per heavy atom. The molecule has 0 N–H and O–H groups in total. The number of pyridine rings is 1. The fourth-order valence-corrected chi connectivity index (χ4v) is 3.27. The van der Waals surface area contributed by atoms with E-state index in [1.54, 1.807) is 18.2 Å². The lowest BCUT2D eigenvalue weighted by molar-refractivity contribution is 0.601. The van der Waals surface area contributed by atoms with Gasteiger partial charge < -0.3 is 0 Å².